The first-order valence-corrected chi connectivity index (χ1v) is 8.76. The van der Waals surface area contributed by atoms with Crippen LogP contribution in [0.2, 0.25) is 0 Å². The van der Waals surface area contributed by atoms with Gasteiger partial charge in [0.05, 0.1) is 17.2 Å². The zero-order chi connectivity index (χ0) is 16.4. The molecule has 0 saturated carbocycles. The van der Waals surface area contributed by atoms with Crippen molar-refractivity contribution in [2.75, 3.05) is 13.1 Å². The summed E-state index contributed by atoms with van der Waals surface area (Å²) < 4.78 is 2.38. The van der Waals surface area contributed by atoms with Gasteiger partial charge in [-0.1, -0.05) is 22.9 Å². The van der Waals surface area contributed by atoms with Gasteiger partial charge in [-0.25, -0.2) is 4.98 Å². The van der Waals surface area contributed by atoms with Crippen LogP contribution in [0.3, 0.4) is 0 Å². The highest BCUT2D eigenvalue weighted by molar-refractivity contribution is 9.10. The molecule has 1 saturated heterocycles. The fourth-order valence-electron chi connectivity index (χ4n) is 3.08. The van der Waals surface area contributed by atoms with E-state index in [0.29, 0.717) is 29.8 Å². The van der Waals surface area contributed by atoms with E-state index in [4.69, 9.17) is 0 Å². The lowest BCUT2D eigenvalue weighted by molar-refractivity contribution is -0.133. The van der Waals surface area contributed by atoms with Crippen LogP contribution in [-0.2, 0) is 11.3 Å². The summed E-state index contributed by atoms with van der Waals surface area (Å²) in [6, 6.07) is 5.45. The number of piperidine rings is 1. The summed E-state index contributed by atoms with van der Waals surface area (Å²) in [6.45, 7) is 4.21. The average Bonchev–Trinajstić information content (AvgIpc) is 2.54. The maximum Gasteiger partial charge on any atom is 0.261 e. The molecule has 1 amide bonds. The van der Waals surface area contributed by atoms with E-state index in [1.165, 1.54) is 17.3 Å². The van der Waals surface area contributed by atoms with Crippen LogP contribution in [0.15, 0.2) is 33.8 Å². The molecule has 1 atom stereocenters. The number of likely N-dealkylation sites (tertiary alicyclic amines) is 1. The lowest BCUT2D eigenvalue weighted by Crippen LogP contribution is -2.39. The molecule has 0 aliphatic carbocycles. The molecule has 2 heterocycles. The molecule has 0 radical (unpaired) electrons. The quantitative estimate of drug-likeness (QED) is 0.826. The standard InChI is InChI=1S/C17H20BrN3O2/c1-12-3-2-7-20(10-12)16(22)6-8-21-11-19-15-5-4-13(18)9-14(15)17(21)23/h4-5,9,11-12H,2-3,6-8,10H2,1H3. The van der Waals surface area contributed by atoms with Crippen LogP contribution in [0.25, 0.3) is 10.9 Å². The Morgan fingerprint density at radius 1 is 1.43 bits per heavy atom. The largest absolute Gasteiger partial charge is 0.342 e. The molecule has 0 spiro atoms. The second kappa shape index (κ2) is 6.83. The Morgan fingerprint density at radius 2 is 2.26 bits per heavy atom. The van der Waals surface area contributed by atoms with E-state index in [0.717, 1.165) is 24.0 Å². The van der Waals surface area contributed by atoms with Gasteiger partial charge in [0.15, 0.2) is 0 Å². The lowest BCUT2D eigenvalue weighted by Gasteiger charge is -2.31. The molecule has 1 aromatic heterocycles. The van der Waals surface area contributed by atoms with E-state index in [1.54, 1.807) is 6.07 Å². The number of carbonyl (C=O) groups is 1. The van der Waals surface area contributed by atoms with Crippen LogP contribution >= 0.6 is 15.9 Å². The molecule has 1 fully saturated rings. The fourth-order valence-corrected chi connectivity index (χ4v) is 3.44. The van der Waals surface area contributed by atoms with Crippen molar-refractivity contribution < 1.29 is 4.79 Å². The molecule has 6 heteroatoms. The number of fused-ring (bicyclic) bond motifs is 1. The number of benzene rings is 1. The highest BCUT2D eigenvalue weighted by Crippen LogP contribution is 2.17. The van der Waals surface area contributed by atoms with Crippen molar-refractivity contribution in [2.24, 2.45) is 5.92 Å². The van der Waals surface area contributed by atoms with E-state index in [1.807, 2.05) is 17.0 Å². The summed E-state index contributed by atoms with van der Waals surface area (Å²) in [4.78, 5) is 31.1. The van der Waals surface area contributed by atoms with Gasteiger partial charge in [-0.15, -0.1) is 0 Å². The van der Waals surface area contributed by atoms with Gasteiger partial charge < -0.3 is 4.90 Å². The first kappa shape index (κ1) is 16.2. The summed E-state index contributed by atoms with van der Waals surface area (Å²) in [7, 11) is 0. The molecule has 1 unspecified atom stereocenters. The van der Waals surface area contributed by atoms with Crippen LogP contribution in [0.4, 0.5) is 0 Å². The molecule has 0 N–H and O–H groups in total. The van der Waals surface area contributed by atoms with Crippen LogP contribution in [0, 0.1) is 5.92 Å². The van der Waals surface area contributed by atoms with Gasteiger partial charge in [0.1, 0.15) is 0 Å². The Balaban J connectivity index is 1.73. The summed E-state index contributed by atoms with van der Waals surface area (Å²) in [6.07, 6.45) is 4.13. The van der Waals surface area contributed by atoms with E-state index in [-0.39, 0.29) is 11.5 Å². The van der Waals surface area contributed by atoms with Gasteiger partial charge in [-0.3, -0.25) is 14.2 Å². The molecule has 5 nitrogen and oxygen atoms in total. The van der Waals surface area contributed by atoms with E-state index in [9.17, 15) is 9.59 Å². The van der Waals surface area contributed by atoms with Crippen molar-refractivity contribution in [3.63, 3.8) is 0 Å². The topological polar surface area (TPSA) is 55.2 Å². The highest BCUT2D eigenvalue weighted by Gasteiger charge is 2.20. The predicted molar refractivity (Wildman–Crippen MR) is 93.3 cm³/mol. The molecule has 0 bridgehead atoms. The Labute approximate surface area is 143 Å². The van der Waals surface area contributed by atoms with Gasteiger partial charge in [-0.05, 0) is 37.0 Å². The van der Waals surface area contributed by atoms with Gasteiger partial charge in [-0.2, -0.15) is 0 Å². The molecule has 1 aliphatic rings. The van der Waals surface area contributed by atoms with Crippen LogP contribution in [0.5, 0.6) is 0 Å². The second-order valence-corrected chi connectivity index (χ2v) is 7.16. The Kier molecular flexibility index (Phi) is 4.80. The minimum Gasteiger partial charge on any atom is -0.342 e. The smallest absolute Gasteiger partial charge is 0.261 e. The summed E-state index contributed by atoms with van der Waals surface area (Å²) >= 11 is 3.37. The fraction of sp³-hybridized carbons (Fsp3) is 0.471. The van der Waals surface area contributed by atoms with Gasteiger partial charge in [0, 0.05) is 30.5 Å². The molecule has 122 valence electrons. The van der Waals surface area contributed by atoms with Crippen molar-refractivity contribution in [2.45, 2.75) is 32.7 Å². The number of amides is 1. The lowest BCUT2D eigenvalue weighted by atomic mass is 10.00. The second-order valence-electron chi connectivity index (χ2n) is 6.24. The molecular weight excluding hydrogens is 358 g/mol. The Hall–Kier alpha value is -1.69. The van der Waals surface area contributed by atoms with Crippen molar-refractivity contribution in [1.29, 1.82) is 0 Å². The molecular formula is C17H20BrN3O2. The number of nitrogens with zero attached hydrogens (tertiary/aromatic N) is 3. The normalized spacial score (nSPS) is 18.3. The monoisotopic (exact) mass is 377 g/mol. The molecule has 3 rings (SSSR count). The molecule has 23 heavy (non-hydrogen) atoms. The molecule has 2 aromatic rings. The summed E-state index contributed by atoms with van der Waals surface area (Å²) in [5.74, 6) is 0.688. The van der Waals surface area contributed by atoms with E-state index < -0.39 is 0 Å². The minimum atomic E-state index is -0.101. The average molecular weight is 378 g/mol. The van der Waals surface area contributed by atoms with Crippen LogP contribution < -0.4 is 5.56 Å². The SMILES string of the molecule is CC1CCCN(C(=O)CCn2cnc3ccc(Br)cc3c2=O)C1. The first-order chi connectivity index (χ1) is 11.0. The molecule has 1 aromatic carbocycles. The van der Waals surface area contributed by atoms with Gasteiger partial charge in [0.2, 0.25) is 5.91 Å². The van der Waals surface area contributed by atoms with Gasteiger partial charge >= 0.3 is 0 Å². The third-order valence-corrected chi connectivity index (χ3v) is 4.86. The Morgan fingerprint density at radius 3 is 3.04 bits per heavy atom. The maximum atomic E-state index is 12.5. The number of carbonyl (C=O) groups excluding carboxylic acids is 1. The van der Waals surface area contributed by atoms with Crippen molar-refractivity contribution in [3.8, 4) is 0 Å². The van der Waals surface area contributed by atoms with Crippen molar-refractivity contribution in [3.05, 3.63) is 39.4 Å². The molecule has 1 aliphatic heterocycles. The Bertz CT molecular complexity index is 787. The summed E-state index contributed by atoms with van der Waals surface area (Å²) in [5, 5.41) is 0.570. The number of rotatable bonds is 3. The van der Waals surface area contributed by atoms with Crippen molar-refractivity contribution in [1.82, 2.24) is 14.5 Å². The highest BCUT2D eigenvalue weighted by atomic mass is 79.9. The zero-order valence-electron chi connectivity index (χ0n) is 13.2. The van der Waals surface area contributed by atoms with E-state index >= 15 is 0 Å². The minimum absolute atomic E-state index is 0.101. The number of hydrogen-bond acceptors (Lipinski definition) is 3. The first-order valence-electron chi connectivity index (χ1n) is 7.97. The number of aromatic nitrogens is 2. The maximum absolute atomic E-state index is 12.5. The van der Waals surface area contributed by atoms with E-state index in [2.05, 4.69) is 27.8 Å². The number of hydrogen-bond donors (Lipinski definition) is 0. The third-order valence-electron chi connectivity index (χ3n) is 4.36. The summed E-state index contributed by atoms with van der Waals surface area (Å²) in [5.41, 5.74) is 0.571. The number of halogens is 1. The van der Waals surface area contributed by atoms with Crippen LogP contribution in [-0.4, -0.2) is 33.4 Å². The number of aryl methyl sites for hydroxylation is 1. The predicted octanol–water partition coefficient (Wildman–Crippen LogP) is 2.81. The van der Waals surface area contributed by atoms with Crippen LogP contribution in [0.1, 0.15) is 26.2 Å². The van der Waals surface area contributed by atoms with Crippen molar-refractivity contribution >= 4 is 32.7 Å². The zero-order valence-corrected chi connectivity index (χ0v) is 14.8. The van der Waals surface area contributed by atoms with Gasteiger partial charge in [0.25, 0.3) is 5.56 Å². The third kappa shape index (κ3) is 3.63.